The minimum absolute atomic E-state index is 0.108. The molecule has 4 nitrogen and oxygen atoms in total. The predicted octanol–water partition coefficient (Wildman–Crippen LogP) is 1.48. The third-order valence-corrected chi connectivity index (χ3v) is 2.75. The van der Waals surface area contributed by atoms with Gasteiger partial charge in [0.25, 0.3) is 0 Å². The highest BCUT2D eigenvalue weighted by atomic mass is 35.5. The summed E-state index contributed by atoms with van der Waals surface area (Å²) in [5, 5.41) is 17.8. The molecule has 1 aromatic rings. The Kier molecular flexibility index (Phi) is 7.76. The maximum atomic E-state index is 9.15. The van der Waals surface area contributed by atoms with Crippen molar-refractivity contribution in [1.82, 2.24) is 4.84 Å². The van der Waals surface area contributed by atoms with E-state index in [1.54, 1.807) is 0 Å². The first-order valence-corrected chi connectivity index (χ1v) is 6.48. The van der Waals surface area contributed by atoms with Gasteiger partial charge in [-0.25, -0.2) is 4.84 Å². The Balaban J connectivity index is 2.28. The lowest BCUT2D eigenvalue weighted by molar-refractivity contribution is 0.0536. The van der Waals surface area contributed by atoms with Crippen LogP contribution in [0.25, 0.3) is 0 Å². The molecule has 18 heavy (non-hydrogen) atoms. The highest BCUT2D eigenvalue weighted by Crippen LogP contribution is 2.14. The molecule has 0 saturated heterocycles. The lowest BCUT2D eigenvalue weighted by atomic mass is 10.1. The minimum Gasteiger partial charge on any atom is -0.491 e. The number of hydrogen-bond donors (Lipinski definition) is 3. The second kappa shape index (κ2) is 9.16. The smallest absolute Gasteiger partial charge is 0.119 e. The summed E-state index contributed by atoms with van der Waals surface area (Å²) in [5.41, 5.74) is 1.25. The molecule has 1 aromatic carbocycles. The molecule has 0 aliphatic heterocycles. The number of hydrogen-bond acceptors (Lipinski definition) is 4. The fourth-order valence-corrected chi connectivity index (χ4v) is 1.65. The molecular formula is C13H20ClNO3. The predicted molar refractivity (Wildman–Crippen MR) is 71.8 cm³/mol. The van der Waals surface area contributed by atoms with Crippen molar-refractivity contribution < 1.29 is 14.9 Å². The molecule has 1 atom stereocenters. The van der Waals surface area contributed by atoms with E-state index in [0.29, 0.717) is 5.75 Å². The monoisotopic (exact) mass is 273 g/mol. The first-order chi connectivity index (χ1) is 8.76. The molecule has 0 heterocycles. The van der Waals surface area contributed by atoms with Crippen LogP contribution in [0.2, 0.25) is 0 Å². The van der Waals surface area contributed by atoms with Crippen LogP contribution >= 0.6 is 11.8 Å². The number of benzene rings is 1. The van der Waals surface area contributed by atoms with E-state index in [4.69, 9.17) is 26.7 Å². The topological polar surface area (TPSA) is 61.7 Å². The summed E-state index contributed by atoms with van der Waals surface area (Å²) >= 11 is 5.37. The Morgan fingerprint density at radius 1 is 1.22 bits per heavy atom. The molecule has 1 rings (SSSR count). The quantitative estimate of drug-likeness (QED) is 0.471. The van der Waals surface area contributed by atoms with Crippen LogP contribution in [0.3, 0.4) is 0 Å². The molecule has 1 unspecified atom stereocenters. The fourth-order valence-electron chi connectivity index (χ4n) is 1.52. The van der Waals surface area contributed by atoms with Crippen molar-refractivity contribution in [1.29, 1.82) is 0 Å². The van der Waals surface area contributed by atoms with Crippen molar-refractivity contribution in [2.24, 2.45) is 0 Å². The Labute approximate surface area is 113 Å². The lowest BCUT2D eigenvalue weighted by Gasteiger charge is -2.10. The van der Waals surface area contributed by atoms with Crippen LogP contribution in [0.1, 0.15) is 18.4 Å². The van der Waals surface area contributed by atoms with E-state index in [1.165, 1.54) is 5.56 Å². The average Bonchev–Trinajstić information content (AvgIpc) is 2.42. The molecule has 0 radical (unpaired) electrons. The van der Waals surface area contributed by atoms with E-state index in [2.05, 4.69) is 4.84 Å². The largest absolute Gasteiger partial charge is 0.491 e. The molecule has 0 aliphatic rings. The molecule has 0 saturated carbocycles. The number of aliphatic hydroxyl groups excluding tert-OH is 2. The molecule has 3 N–H and O–H groups in total. The summed E-state index contributed by atoms with van der Waals surface area (Å²) in [5.74, 6) is 0.702. The fraction of sp³-hybridized carbons (Fsp3) is 0.538. The highest BCUT2D eigenvalue weighted by molar-refractivity contribution is 6.13. The van der Waals surface area contributed by atoms with Crippen molar-refractivity contribution in [2.75, 3.05) is 19.8 Å². The van der Waals surface area contributed by atoms with Gasteiger partial charge in [-0.15, -0.1) is 0 Å². The standard InChI is InChI=1S/C13H20ClNO3/c14-15-8-2-1-3-11-4-6-13(7-5-11)18-10-12(17)9-16/h4-7,12,15-17H,1-3,8-10H2. The first kappa shape index (κ1) is 15.2. The second-order valence-corrected chi connectivity index (χ2v) is 4.40. The van der Waals surface area contributed by atoms with Crippen molar-refractivity contribution >= 4 is 11.8 Å². The van der Waals surface area contributed by atoms with E-state index in [-0.39, 0.29) is 13.2 Å². The number of aliphatic hydroxyl groups is 2. The second-order valence-electron chi connectivity index (χ2n) is 4.13. The van der Waals surface area contributed by atoms with Gasteiger partial charge in [0.1, 0.15) is 18.5 Å². The van der Waals surface area contributed by atoms with Gasteiger partial charge in [-0.1, -0.05) is 12.1 Å². The summed E-state index contributed by atoms with van der Waals surface area (Å²) in [6.07, 6.45) is 2.32. The summed E-state index contributed by atoms with van der Waals surface area (Å²) < 4.78 is 5.32. The average molecular weight is 274 g/mol. The number of rotatable bonds is 9. The van der Waals surface area contributed by atoms with Crippen molar-refractivity contribution in [3.05, 3.63) is 29.8 Å². The zero-order chi connectivity index (χ0) is 13.2. The Bertz CT molecular complexity index is 319. The summed E-state index contributed by atoms with van der Waals surface area (Å²) in [6, 6.07) is 7.77. The molecule has 0 fully saturated rings. The van der Waals surface area contributed by atoms with Crippen molar-refractivity contribution in [3.8, 4) is 5.75 Å². The number of aryl methyl sites for hydroxylation is 1. The Morgan fingerprint density at radius 3 is 2.56 bits per heavy atom. The van der Waals surface area contributed by atoms with Gasteiger partial charge in [-0.3, -0.25) is 0 Å². The third-order valence-electron chi connectivity index (χ3n) is 2.56. The summed E-state index contributed by atoms with van der Waals surface area (Å²) in [4.78, 5) is 2.60. The van der Waals surface area contributed by atoms with Gasteiger partial charge in [-0.05, 0) is 48.7 Å². The van der Waals surface area contributed by atoms with Crippen LogP contribution in [0.15, 0.2) is 24.3 Å². The highest BCUT2D eigenvalue weighted by Gasteiger charge is 2.02. The van der Waals surface area contributed by atoms with Crippen molar-refractivity contribution in [2.45, 2.75) is 25.4 Å². The minimum atomic E-state index is -0.826. The number of nitrogens with one attached hydrogen (secondary N) is 1. The van der Waals surface area contributed by atoms with E-state index in [0.717, 1.165) is 25.8 Å². The number of halogens is 1. The Hall–Kier alpha value is -0.810. The molecular weight excluding hydrogens is 254 g/mol. The molecule has 0 aromatic heterocycles. The van der Waals surface area contributed by atoms with Gasteiger partial charge in [0.15, 0.2) is 0 Å². The molecule has 0 amide bonds. The zero-order valence-corrected chi connectivity index (χ0v) is 11.1. The van der Waals surface area contributed by atoms with Crippen LogP contribution in [0, 0.1) is 0 Å². The molecule has 0 aliphatic carbocycles. The van der Waals surface area contributed by atoms with Gasteiger partial charge < -0.3 is 14.9 Å². The van der Waals surface area contributed by atoms with E-state index in [1.807, 2.05) is 24.3 Å². The maximum Gasteiger partial charge on any atom is 0.119 e. The molecule has 0 spiro atoms. The first-order valence-electron chi connectivity index (χ1n) is 6.10. The molecule has 0 bridgehead atoms. The zero-order valence-electron chi connectivity index (χ0n) is 10.3. The van der Waals surface area contributed by atoms with Crippen LogP contribution < -0.4 is 9.57 Å². The maximum absolute atomic E-state index is 9.15. The van der Waals surface area contributed by atoms with Crippen molar-refractivity contribution in [3.63, 3.8) is 0 Å². The summed E-state index contributed by atoms with van der Waals surface area (Å²) in [6.45, 7) is 0.645. The van der Waals surface area contributed by atoms with Crippen LogP contribution in [-0.2, 0) is 6.42 Å². The van der Waals surface area contributed by atoms with Gasteiger partial charge in [-0.2, -0.15) is 0 Å². The van der Waals surface area contributed by atoms with Crippen LogP contribution in [0.5, 0.6) is 5.75 Å². The van der Waals surface area contributed by atoms with Gasteiger partial charge in [0.2, 0.25) is 0 Å². The van der Waals surface area contributed by atoms with Crippen LogP contribution in [-0.4, -0.2) is 36.1 Å². The molecule has 102 valence electrons. The third kappa shape index (κ3) is 6.21. The van der Waals surface area contributed by atoms with Crippen LogP contribution in [0.4, 0.5) is 0 Å². The Morgan fingerprint density at radius 2 is 1.94 bits per heavy atom. The van der Waals surface area contributed by atoms with Gasteiger partial charge in [0.05, 0.1) is 6.61 Å². The number of unbranched alkanes of at least 4 members (excludes halogenated alkanes) is 1. The SMILES string of the molecule is OCC(O)COc1ccc(CCCCNCl)cc1. The normalized spacial score (nSPS) is 12.4. The molecule has 5 heteroatoms. The van der Waals surface area contributed by atoms with Gasteiger partial charge >= 0.3 is 0 Å². The van der Waals surface area contributed by atoms with E-state index in [9.17, 15) is 0 Å². The number of ether oxygens (including phenoxy) is 1. The lowest BCUT2D eigenvalue weighted by Crippen LogP contribution is -2.21. The summed E-state index contributed by atoms with van der Waals surface area (Å²) in [7, 11) is 0. The van der Waals surface area contributed by atoms with E-state index >= 15 is 0 Å². The van der Waals surface area contributed by atoms with Gasteiger partial charge in [0, 0.05) is 6.54 Å². The van der Waals surface area contributed by atoms with E-state index < -0.39 is 6.10 Å².